The van der Waals surface area contributed by atoms with Crippen LogP contribution in [0.3, 0.4) is 0 Å². The maximum absolute atomic E-state index is 11.7. The van der Waals surface area contributed by atoms with Crippen molar-refractivity contribution in [2.75, 3.05) is 26.2 Å². The van der Waals surface area contributed by atoms with Crippen molar-refractivity contribution in [2.24, 2.45) is 0 Å². The second-order valence-corrected chi connectivity index (χ2v) is 3.32. The van der Waals surface area contributed by atoms with Crippen LogP contribution in [-0.4, -0.2) is 32.4 Å². The molecule has 0 bridgehead atoms. The van der Waals surface area contributed by atoms with E-state index in [1.54, 1.807) is 6.08 Å². The summed E-state index contributed by atoms with van der Waals surface area (Å²) in [4.78, 5) is 0. The van der Waals surface area contributed by atoms with E-state index in [9.17, 15) is 13.2 Å². The van der Waals surface area contributed by atoms with Gasteiger partial charge < -0.3 is 10.6 Å². The number of hydrogen-bond acceptors (Lipinski definition) is 2. The molecule has 2 N–H and O–H groups in total. The second-order valence-electron chi connectivity index (χ2n) is 3.32. The van der Waals surface area contributed by atoms with E-state index in [1.807, 2.05) is 0 Å². The number of rotatable bonds is 9. The zero-order valence-electron chi connectivity index (χ0n) is 8.87. The highest BCUT2D eigenvalue weighted by molar-refractivity contribution is 4.69. The van der Waals surface area contributed by atoms with Crippen LogP contribution in [0.15, 0.2) is 12.7 Å². The van der Waals surface area contributed by atoms with Crippen molar-refractivity contribution in [3.63, 3.8) is 0 Å². The fraction of sp³-hybridized carbons (Fsp3) is 0.800. The first kappa shape index (κ1) is 14.5. The van der Waals surface area contributed by atoms with Crippen LogP contribution in [0, 0.1) is 0 Å². The Labute approximate surface area is 88.9 Å². The van der Waals surface area contributed by atoms with Crippen molar-refractivity contribution in [1.82, 2.24) is 10.6 Å². The molecule has 0 unspecified atom stereocenters. The minimum absolute atomic E-state index is 0.205. The molecule has 0 aromatic carbocycles. The first-order valence-electron chi connectivity index (χ1n) is 5.15. The van der Waals surface area contributed by atoms with Gasteiger partial charge in [0, 0.05) is 26.1 Å². The average molecular weight is 224 g/mol. The molecule has 2 nitrogen and oxygen atoms in total. The van der Waals surface area contributed by atoms with Crippen LogP contribution >= 0.6 is 0 Å². The van der Waals surface area contributed by atoms with Crippen LogP contribution in [0.25, 0.3) is 0 Å². The fourth-order valence-electron chi connectivity index (χ4n) is 1.08. The Balaban J connectivity index is 3.02. The largest absolute Gasteiger partial charge is 0.389 e. The topological polar surface area (TPSA) is 24.1 Å². The van der Waals surface area contributed by atoms with Gasteiger partial charge in [0.25, 0.3) is 0 Å². The van der Waals surface area contributed by atoms with E-state index in [4.69, 9.17) is 0 Å². The molecule has 0 heterocycles. The summed E-state index contributed by atoms with van der Waals surface area (Å²) in [5.74, 6) is 0. The van der Waals surface area contributed by atoms with Crippen LogP contribution in [0.4, 0.5) is 13.2 Å². The minimum Gasteiger partial charge on any atom is -0.315 e. The average Bonchev–Trinajstić information content (AvgIpc) is 2.14. The van der Waals surface area contributed by atoms with Crippen LogP contribution in [0.5, 0.6) is 0 Å². The Morgan fingerprint density at radius 2 is 1.67 bits per heavy atom. The van der Waals surface area contributed by atoms with Gasteiger partial charge in [0.05, 0.1) is 0 Å². The van der Waals surface area contributed by atoms with Crippen molar-refractivity contribution in [1.29, 1.82) is 0 Å². The molecule has 0 aromatic heterocycles. The molecule has 0 atom stereocenters. The van der Waals surface area contributed by atoms with Crippen LogP contribution < -0.4 is 10.6 Å². The molecule has 0 amide bonds. The first-order chi connectivity index (χ1) is 7.06. The fourth-order valence-corrected chi connectivity index (χ4v) is 1.08. The molecule has 0 fully saturated rings. The molecule has 0 saturated heterocycles. The molecule has 0 aliphatic heterocycles. The maximum Gasteiger partial charge on any atom is 0.389 e. The molecule has 0 aliphatic rings. The van der Waals surface area contributed by atoms with E-state index >= 15 is 0 Å². The maximum atomic E-state index is 11.7. The van der Waals surface area contributed by atoms with Gasteiger partial charge in [-0.05, 0) is 19.4 Å². The minimum atomic E-state index is -4.01. The summed E-state index contributed by atoms with van der Waals surface area (Å²) in [5, 5.41) is 6.16. The molecule has 0 radical (unpaired) electrons. The summed E-state index contributed by atoms with van der Waals surface area (Å²) in [6.07, 6.45) is -2.14. The third-order valence-corrected chi connectivity index (χ3v) is 1.83. The molecule has 90 valence electrons. The quantitative estimate of drug-likeness (QED) is 0.463. The van der Waals surface area contributed by atoms with Gasteiger partial charge in [-0.2, -0.15) is 13.2 Å². The van der Waals surface area contributed by atoms with Crippen LogP contribution in [0.1, 0.15) is 19.3 Å². The standard InChI is InChI=1S/C10H19F3N2/c1-2-6-14-8-9-15-7-4-3-5-10(11,12)13/h2,14-15H,1,3-9H2. The number of halogens is 3. The van der Waals surface area contributed by atoms with Gasteiger partial charge in [-0.3, -0.25) is 0 Å². The predicted octanol–water partition coefficient (Wildman–Crippen LogP) is 2.08. The summed E-state index contributed by atoms with van der Waals surface area (Å²) in [7, 11) is 0. The molecule has 5 heteroatoms. The van der Waals surface area contributed by atoms with Crippen molar-refractivity contribution >= 4 is 0 Å². The van der Waals surface area contributed by atoms with E-state index in [0.717, 1.165) is 19.6 Å². The van der Waals surface area contributed by atoms with E-state index < -0.39 is 12.6 Å². The summed E-state index contributed by atoms with van der Waals surface area (Å²) >= 11 is 0. The molecule has 0 aliphatic carbocycles. The number of hydrogen-bond donors (Lipinski definition) is 2. The molecular formula is C10H19F3N2. The van der Waals surface area contributed by atoms with Crippen molar-refractivity contribution in [3.8, 4) is 0 Å². The number of nitrogens with one attached hydrogen (secondary N) is 2. The van der Waals surface area contributed by atoms with Crippen molar-refractivity contribution < 1.29 is 13.2 Å². The third kappa shape index (κ3) is 13.4. The second kappa shape index (κ2) is 8.73. The highest BCUT2D eigenvalue weighted by atomic mass is 19.4. The van der Waals surface area contributed by atoms with E-state index in [-0.39, 0.29) is 6.42 Å². The van der Waals surface area contributed by atoms with Crippen LogP contribution in [0.2, 0.25) is 0 Å². The van der Waals surface area contributed by atoms with Crippen molar-refractivity contribution in [3.05, 3.63) is 12.7 Å². The number of unbranched alkanes of at least 4 members (excludes halogenated alkanes) is 1. The summed E-state index contributed by atoms with van der Waals surface area (Å²) < 4.78 is 35.2. The summed E-state index contributed by atoms with van der Waals surface area (Å²) in [6.45, 7) is 6.55. The Hall–Kier alpha value is -0.550. The van der Waals surface area contributed by atoms with Crippen molar-refractivity contribution in [2.45, 2.75) is 25.4 Å². The lowest BCUT2D eigenvalue weighted by Gasteiger charge is -2.07. The molecular weight excluding hydrogens is 205 g/mol. The predicted molar refractivity (Wildman–Crippen MR) is 55.8 cm³/mol. The lowest BCUT2D eigenvalue weighted by molar-refractivity contribution is -0.135. The Morgan fingerprint density at radius 1 is 1.00 bits per heavy atom. The highest BCUT2D eigenvalue weighted by Crippen LogP contribution is 2.21. The smallest absolute Gasteiger partial charge is 0.315 e. The van der Waals surface area contributed by atoms with Gasteiger partial charge in [-0.15, -0.1) is 6.58 Å². The Morgan fingerprint density at radius 3 is 2.27 bits per heavy atom. The van der Waals surface area contributed by atoms with Gasteiger partial charge in [-0.25, -0.2) is 0 Å². The molecule has 0 spiro atoms. The van der Waals surface area contributed by atoms with E-state index in [2.05, 4.69) is 17.2 Å². The van der Waals surface area contributed by atoms with Gasteiger partial charge in [-0.1, -0.05) is 6.08 Å². The third-order valence-electron chi connectivity index (χ3n) is 1.83. The Kier molecular flexibility index (Phi) is 8.41. The number of alkyl halides is 3. The SMILES string of the molecule is C=CCNCCNCCCCC(F)(F)F. The summed E-state index contributed by atoms with van der Waals surface area (Å²) in [5.41, 5.74) is 0. The van der Waals surface area contributed by atoms with Gasteiger partial charge in [0.2, 0.25) is 0 Å². The van der Waals surface area contributed by atoms with Gasteiger partial charge in [0.1, 0.15) is 0 Å². The Bertz CT molecular complexity index is 157. The van der Waals surface area contributed by atoms with Crippen LogP contribution in [-0.2, 0) is 0 Å². The van der Waals surface area contributed by atoms with E-state index in [1.165, 1.54) is 0 Å². The highest BCUT2D eigenvalue weighted by Gasteiger charge is 2.25. The van der Waals surface area contributed by atoms with E-state index in [0.29, 0.717) is 13.0 Å². The lowest BCUT2D eigenvalue weighted by atomic mass is 10.2. The molecule has 0 aromatic rings. The monoisotopic (exact) mass is 224 g/mol. The lowest BCUT2D eigenvalue weighted by Crippen LogP contribution is -2.28. The van der Waals surface area contributed by atoms with Gasteiger partial charge in [0.15, 0.2) is 0 Å². The zero-order valence-corrected chi connectivity index (χ0v) is 8.87. The molecule has 15 heavy (non-hydrogen) atoms. The normalized spacial score (nSPS) is 11.7. The molecule has 0 saturated carbocycles. The summed E-state index contributed by atoms with van der Waals surface area (Å²) in [6, 6.07) is 0. The molecule has 0 rings (SSSR count). The van der Waals surface area contributed by atoms with Gasteiger partial charge >= 0.3 is 6.18 Å². The first-order valence-corrected chi connectivity index (χ1v) is 5.15. The zero-order chi connectivity index (χ0) is 11.6.